The fourth-order valence-electron chi connectivity index (χ4n) is 2.13. The molecule has 0 saturated carbocycles. The lowest BCUT2D eigenvalue weighted by Crippen LogP contribution is -2.14. The first-order valence-corrected chi connectivity index (χ1v) is 7.50. The zero-order valence-corrected chi connectivity index (χ0v) is 11.5. The summed E-state index contributed by atoms with van der Waals surface area (Å²) in [5.41, 5.74) is 1.17. The van der Waals surface area contributed by atoms with Crippen molar-refractivity contribution in [3.8, 4) is 0 Å². The molecule has 6 nitrogen and oxygen atoms in total. The number of hydrogen-bond donors (Lipinski definition) is 2. The zero-order valence-electron chi connectivity index (χ0n) is 10.7. The van der Waals surface area contributed by atoms with E-state index in [0.29, 0.717) is 11.0 Å². The highest BCUT2D eigenvalue weighted by atomic mass is 32.3. The van der Waals surface area contributed by atoms with Crippen molar-refractivity contribution in [3.63, 3.8) is 0 Å². The van der Waals surface area contributed by atoms with Gasteiger partial charge < -0.3 is 13.7 Å². The van der Waals surface area contributed by atoms with Crippen molar-refractivity contribution < 1.29 is 18.5 Å². The molecule has 0 fully saturated rings. The highest BCUT2D eigenvalue weighted by Crippen LogP contribution is 2.45. The van der Waals surface area contributed by atoms with E-state index in [1.165, 1.54) is 29.1 Å². The third-order valence-corrected chi connectivity index (χ3v) is 4.01. The van der Waals surface area contributed by atoms with Crippen LogP contribution in [-0.2, 0) is 0 Å². The van der Waals surface area contributed by atoms with Gasteiger partial charge in [0.1, 0.15) is 6.33 Å². The number of nitrogens with zero attached hydrogens (tertiary/aromatic N) is 2. The molecule has 0 unspecified atom stereocenters. The lowest BCUT2D eigenvalue weighted by Gasteiger charge is -2.34. The third-order valence-electron chi connectivity index (χ3n) is 3.08. The number of fused-ring (bicyclic) bond motifs is 1. The number of carbonyl (C=O) groups is 1. The molecule has 0 aliphatic rings. The van der Waals surface area contributed by atoms with E-state index < -0.39 is 16.8 Å². The first-order chi connectivity index (χ1) is 9.98. The number of imidazole rings is 1. The van der Waals surface area contributed by atoms with Crippen LogP contribution in [-0.4, -0.2) is 29.1 Å². The molecule has 0 aliphatic heterocycles. The molecule has 0 bridgehead atoms. The van der Waals surface area contributed by atoms with Gasteiger partial charge in [0.05, 0.1) is 16.6 Å². The Balaban J connectivity index is 2.16. The largest absolute Gasteiger partial charge is 0.769 e. The Labute approximate surface area is 121 Å². The Morgan fingerprint density at radius 1 is 1.10 bits per heavy atom. The van der Waals surface area contributed by atoms with Gasteiger partial charge in [-0.25, -0.2) is 4.98 Å². The number of rotatable bonds is 2. The molecule has 3 rings (SSSR count). The summed E-state index contributed by atoms with van der Waals surface area (Å²) < 4.78 is 31.4. The van der Waals surface area contributed by atoms with Crippen LogP contribution in [0.1, 0.15) is 10.4 Å². The van der Waals surface area contributed by atoms with Gasteiger partial charge in [-0.2, -0.15) is 0 Å². The Kier molecular flexibility index (Phi) is 3.26. The van der Waals surface area contributed by atoms with E-state index in [0.717, 1.165) is 0 Å². The van der Waals surface area contributed by atoms with Crippen LogP contribution in [0.5, 0.6) is 0 Å². The van der Waals surface area contributed by atoms with Gasteiger partial charge in [-0.15, -0.1) is 0 Å². The van der Waals surface area contributed by atoms with Crippen molar-refractivity contribution >= 4 is 27.8 Å². The van der Waals surface area contributed by atoms with Crippen molar-refractivity contribution in [3.05, 3.63) is 60.4 Å². The third kappa shape index (κ3) is 2.43. The summed E-state index contributed by atoms with van der Waals surface area (Å²) in [6, 6.07) is 12.7. The minimum absolute atomic E-state index is 0.0457. The SMILES string of the molecule is O=C(c1ccccc1S([O-])(O)O)n1cnc2ccccc21. The van der Waals surface area contributed by atoms with Crippen LogP contribution < -0.4 is 0 Å². The van der Waals surface area contributed by atoms with Crippen molar-refractivity contribution in [2.24, 2.45) is 0 Å². The monoisotopic (exact) mass is 303 g/mol. The molecular formula is C14H11N2O4S-. The number of para-hydroxylation sites is 2. The van der Waals surface area contributed by atoms with Crippen LogP contribution in [0.2, 0.25) is 0 Å². The van der Waals surface area contributed by atoms with Crippen molar-refractivity contribution in [2.45, 2.75) is 4.90 Å². The molecule has 2 aromatic carbocycles. The van der Waals surface area contributed by atoms with Gasteiger partial charge in [-0.1, -0.05) is 35.1 Å². The number of hydrogen-bond acceptors (Lipinski definition) is 5. The van der Waals surface area contributed by atoms with E-state index in [4.69, 9.17) is 0 Å². The van der Waals surface area contributed by atoms with Crippen LogP contribution in [0, 0.1) is 0 Å². The Morgan fingerprint density at radius 3 is 2.52 bits per heavy atom. The first kappa shape index (κ1) is 13.8. The molecule has 0 spiro atoms. The van der Waals surface area contributed by atoms with Gasteiger partial charge in [0.15, 0.2) is 0 Å². The average Bonchev–Trinajstić information content (AvgIpc) is 2.89. The van der Waals surface area contributed by atoms with Crippen molar-refractivity contribution in [2.75, 3.05) is 0 Å². The van der Waals surface area contributed by atoms with Crippen LogP contribution in [0.4, 0.5) is 0 Å². The quantitative estimate of drug-likeness (QED) is 0.758. The number of benzene rings is 2. The first-order valence-electron chi connectivity index (χ1n) is 6.03. The molecular weight excluding hydrogens is 292 g/mol. The lowest BCUT2D eigenvalue weighted by atomic mass is 10.2. The molecule has 0 amide bonds. The number of aromatic nitrogens is 2. The maximum Gasteiger partial charge on any atom is 0.264 e. The summed E-state index contributed by atoms with van der Waals surface area (Å²) in [5, 5.41) is 0. The van der Waals surface area contributed by atoms with Crippen molar-refractivity contribution in [1.82, 2.24) is 9.55 Å². The normalized spacial score (nSPS) is 12.5. The fourth-order valence-corrected chi connectivity index (χ4v) is 2.82. The Morgan fingerprint density at radius 2 is 1.76 bits per heavy atom. The summed E-state index contributed by atoms with van der Waals surface area (Å²) in [6.45, 7) is 0. The average molecular weight is 303 g/mol. The van der Waals surface area contributed by atoms with E-state index in [1.807, 2.05) is 0 Å². The topological polar surface area (TPSA) is 98.4 Å². The van der Waals surface area contributed by atoms with Gasteiger partial charge >= 0.3 is 0 Å². The van der Waals surface area contributed by atoms with Gasteiger partial charge in [0, 0.05) is 4.90 Å². The molecule has 108 valence electrons. The highest BCUT2D eigenvalue weighted by Gasteiger charge is 2.19. The summed E-state index contributed by atoms with van der Waals surface area (Å²) in [7, 11) is -4.23. The second-order valence-corrected chi connectivity index (χ2v) is 5.83. The maximum absolute atomic E-state index is 12.6. The van der Waals surface area contributed by atoms with E-state index >= 15 is 0 Å². The van der Waals surface area contributed by atoms with Gasteiger partial charge in [-0.05, 0) is 24.3 Å². The van der Waals surface area contributed by atoms with Crippen molar-refractivity contribution in [1.29, 1.82) is 0 Å². The molecule has 0 radical (unpaired) electrons. The molecule has 1 aromatic heterocycles. The minimum atomic E-state index is -4.23. The number of carbonyl (C=O) groups excluding carboxylic acids is 1. The van der Waals surface area contributed by atoms with E-state index in [1.54, 1.807) is 30.3 Å². The Hall–Kier alpha value is -2.19. The predicted octanol–water partition coefficient (Wildman–Crippen LogP) is 2.96. The van der Waals surface area contributed by atoms with Crippen LogP contribution in [0.3, 0.4) is 0 Å². The molecule has 0 saturated heterocycles. The fraction of sp³-hybridized carbons (Fsp3) is 0. The molecule has 21 heavy (non-hydrogen) atoms. The zero-order chi connectivity index (χ0) is 15.0. The molecule has 7 heteroatoms. The summed E-state index contributed by atoms with van der Waals surface area (Å²) in [6.07, 6.45) is 1.35. The van der Waals surface area contributed by atoms with Gasteiger partial charge in [-0.3, -0.25) is 9.36 Å². The molecule has 0 aliphatic carbocycles. The van der Waals surface area contributed by atoms with Gasteiger partial charge in [0.25, 0.3) is 5.91 Å². The summed E-state index contributed by atoms with van der Waals surface area (Å²) >= 11 is 0. The Bertz CT molecular complexity index is 823. The minimum Gasteiger partial charge on any atom is -0.769 e. The van der Waals surface area contributed by atoms with E-state index in [-0.39, 0.29) is 10.5 Å². The predicted molar refractivity (Wildman–Crippen MR) is 77.8 cm³/mol. The van der Waals surface area contributed by atoms with Gasteiger partial charge in [0.2, 0.25) is 0 Å². The molecule has 2 N–H and O–H groups in total. The summed E-state index contributed by atoms with van der Waals surface area (Å²) in [5.74, 6) is -0.532. The molecule has 3 aromatic rings. The maximum atomic E-state index is 12.6. The smallest absolute Gasteiger partial charge is 0.264 e. The highest BCUT2D eigenvalue weighted by molar-refractivity contribution is 8.19. The van der Waals surface area contributed by atoms with Crippen LogP contribution >= 0.6 is 10.9 Å². The molecule has 0 atom stereocenters. The summed E-state index contributed by atoms with van der Waals surface area (Å²) in [4.78, 5) is 16.4. The van der Waals surface area contributed by atoms with E-state index in [2.05, 4.69) is 4.98 Å². The second-order valence-electron chi connectivity index (χ2n) is 4.40. The second kappa shape index (κ2) is 4.97. The van der Waals surface area contributed by atoms with Crippen LogP contribution in [0.15, 0.2) is 59.8 Å². The lowest BCUT2D eigenvalue weighted by molar-refractivity contribution is 0.0960. The van der Waals surface area contributed by atoms with Crippen LogP contribution in [0.25, 0.3) is 11.0 Å². The van der Waals surface area contributed by atoms with E-state index in [9.17, 15) is 18.5 Å². The standard InChI is InChI=1S/C14H12N2O4S/c17-14(10-5-1-4-8-13(10)21(18,19)20)16-9-15-11-6-2-3-7-12(11)16/h1-9,18-20H/p-1. The molecule has 1 heterocycles.